The van der Waals surface area contributed by atoms with Gasteiger partial charge in [-0.15, -0.1) is 0 Å². The minimum atomic E-state index is 0.0111. The number of rotatable bonds is 2. The van der Waals surface area contributed by atoms with E-state index < -0.39 is 0 Å². The van der Waals surface area contributed by atoms with E-state index in [4.69, 9.17) is 4.98 Å². The number of fused-ring (bicyclic) bond motifs is 2. The van der Waals surface area contributed by atoms with Crippen molar-refractivity contribution in [2.45, 2.75) is 6.92 Å². The minimum absolute atomic E-state index is 0.0111. The quantitative estimate of drug-likeness (QED) is 0.461. The van der Waals surface area contributed by atoms with Gasteiger partial charge in [-0.2, -0.15) is 0 Å². The van der Waals surface area contributed by atoms with Gasteiger partial charge < -0.3 is 0 Å². The van der Waals surface area contributed by atoms with Crippen LogP contribution in [0.3, 0.4) is 0 Å². The standard InChI is InChI=1S/C20H14N4Se/c1-12-2-4-13(5-3-12)20-21-16-8-6-14(10-18(16)22-20)15-7-9-17-19(11-15)24-25-23-17/h2-11H,1H3,(H,21,22). The van der Waals surface area contributed by atoms with Crippen LogP contribution in [0.2, 0.25) is 0 Å². The molecule has 0 spiro atoms. The fraction of sp³-hybridized carbons (Fsp3) is 0.0500. The zero-order chi connectivity index (χ0) is 16.8. The Morgan fingerprint density at radius 2 is 1.40 bits per heavy atom. The van der Waals surface area contributed by atoms with E-state index >= 15 is 0 Å². The second-order valence-electron chi connectivity index (χ2n) is 6.15. The Balaban J connectivity index is 1.60. The first-order chi connectivity index (χ1) is 12.3. The van der Waals surface area contributed by atoms with Crippen molar-refractivity contribution in [2.75, 3.05) is 0 Å². The zero-order valence-electron chi connectivity index (χ0n) is 13.5. The molecule has 0 aliphatic rings. The van der Waals surface area contributed by atoms with Crippen molar-refractivity contribution in [3.05, 3.63) is 66.2 Å². The van der Waals surface area contributed by atoms with Gasteiger partial charge in [0.15, 0.2) is 0 Å². The number of nitrogens with one attached hydrogen (secondary N) is 1. The third kappa shape index (κ3) is 2.58. The zero-order valence-corrected chi connectivity index (χ0v) is 15.2. The van der Waals surface area contributed by atoms with E-state index in [1.54, 1.807) is 0 Å². The van der Waals surface area contributed by atoms with Crippen molar-refractivity contribution in [3.63, 3.8) is 0 Å². The Morgan fingerprint density at radius 1 is 0.720 bits per heavy atom. The number of H-pyrrole nitrogens is 1. The number of imidazole rings is 1. The second kappa shape index (κ2) is 5.66. The van der Waals surface area contributed by atoms with E-state index in [1.165, 1.54) is 5.56 Å². The van der Waals surface area contributed by atoms with Crippen LogP contribution >= 0.6 is 0 Å². The van der Waals surface area contributed by atoms with Crippen molar-refractivity contribution in [1.29, 1.82) is 0 Å². The van der Waals surface area contributed by atoms with E-state index in [-0.39, 0.29) is 15.0 Å². The summed E-state index contributed by atoms with van der Waals surface area (Å²) in [4.78, 5) is 8.16. The summed E-state index contributed by atoms with van der Waals surface area (Å²) in [7, 11) is 0. The van der Waals surface area contributed by atoms with Gasteiger partial charge in [0, 0.05) is 0 Å². The predicted octanol–water partition coefficient (Wildman–Crippen LogP) is 4.21. The Bertz CT molecular complexity index is 1200. The SMILES string of the molecule is Cc1ccc(-c2nc3ccc(-c4ccc5n[se]nc5c4)cc3[nH]2)cc1. The summed E-state index contributed by atoms with van der Waals surface area (Å²) in [5.41, 5.74) is 8.69. The molecule has 120 valence electrons. The molecule has 5 aromatic rings. The predicted molar refractivity (Wildman–Crippen MR) is 102 cm³/mol. The molecule has 0 unspecified atom stereocenters. The summed E-state index contributed by atoms with van der Waals surface area (Å²) in [6.45, 7) is 2.09. The number of hydrogen-bond donors (Lipinski definition) is 1. The summed E-state index contributed by atoms with van der Waals surface area (Å²) in [5, 5.41) is 0. The maximum atomic E-state index is 4.72. The van der Waals surface area contributed by atoms with Crippen molar-refractivity contribution in [3.8, 4) is 22.5 Å². The van der Waals surface area contributed by atoms with Gasteiger partial charge in [0.2, 0.25) is 0 Å². The third-order valence-electron chi connectivity index (χ3n) is 4.39. The first kappa shape index (κ1) is 14.6. The van der Waals surface area contributed by atoms with E-state index in [9.17, 15) is 0 Å². The van der Waals surface area contributed by atoms with Crippen LogP contribution in [0.1, 0.15) is 5.56 Å². The topological polar surface area (TPSA) is 54.5 Å². The Labute approximate surface area is 150 Å². The first-order valence-corrected chi connectivity index (χ1v) is 9.59. The van der Waals surface area contributed by atoms with Gasteiger partial charge in [-0.1, -0.05) is 5.56 Å². The molecule has 4 nitrogen and oxygen atoms in total. The summed E-state index contributed by atoms with van der Waals surface area (Å²) >= 11 is 0.0111. The van der Waals surface area contributed by atoms with Crippen LogP contribution in [0, 0.1) is 6.92 Å². The van der Waals surface area contributed by atoms with E-state index in [1.807, 2.05) is 0 Å². The molecule has 0 aliphatic heterocycles. The van der Waals surface area contributed by atoms with Gasteiger partial charge in [-0.3, -0.25) is 0 Å². The fourth-order valence-corrected chi connectivity index (χ4v) is 4.08. The molecule has 0 bridgehead atoms. The molecule has 5 heteroatoms. The molecule has 0 fully saturated rings. The molecule has 0 saturated carbocycles. The van der Waals surface area contributed by atoms with E-state index in [2.05, 4.69) is 80.5 Å². The summed E-state index contributed by atoms with van der Waals surface area (Å²) < 4.78 is 8.88. The molecular weight excluding hydrogens is 375 g/mol. The molecule has 25 heavy (non-hydrogen) atoms. The van der Waals surface area contributed by atoms with Crippen molar-refractivity contribution in [2.24, 2.45) is 0 Å². The number of nitrogens with zero attached hydrogens (tertiary/aromatic N) is 3. The van der Waals surface area contributed by atoms with E-state index in [0.717, 1.165) is 44.6 Å². The monoisotopic (exact) mass is 390 g/mol. The summed E-state index contributed by atoms with van der Waals surface area (Å²) in [6.07, 6.45) is 0. The molecular formula is C20H14N4Se. The molecule has 5 rings (SSSR count). The van der Waals surface area contributed by atoms with E-state index in [0.29, 0.717) is 0 Å². The summed E-state index contributed by atoms with van der Waals surface area (Å²) in [5.74, 6) is 0.901. The number of aryl methyl sites for hydroxylation is 1. The molecule has 0 aliphatic carbocycles. The Kier molecular flexibility index (Phi) is 3.30. The van der Waals surface area contributed by atoms with Crippen LogP contribution in [-0.2, 0) is 0 Å². The van der Waals surface area contributed by atoms with Crippen molar-refractivity contribution >= 4 is 37.0 Å². The van der Waals surface area contributed by atoms with Gasteiger partial charge in [0.05, 0.1) is 0 Å². The third-order valence-corrected chi connectivity index (χ3v) is 5.56. The average Bonchev–Trinajstić information content (AvgIpc) is 3.27. The van der Waals surface area contributed by atoms with Gasteiger partial charge in [-0.05, 0) is 6.92 Å². The van der Waals surface area contributed by atoms with Crippen LogP contribution in [0.4, 0.5) is 0 Å². The fourth-order valence-electron chi connectivity index (χ4n) is 3.00. The number of aromatic nitrogens is 4. The van der Waals surface area contributed by atoms with Crippen molar-refractivity contribution < 1.29 is 0 Å². The molecule has 0 saturated heterocycles. The Morgan fingerprint density at radius 3 is 2.24 bits per heavy atom. The molecule has 1 N–H and O–H groups in total. The Hall–Kier alpha value is -2.75. The molecule has 0 atom stereocenters. The number of benzene rings is 3. The normalized spacial score (nSPS) is 11.4. The summed E-state index contributed by atoms with van der Waals surface area (Å²) in [6, 6.07) is 21.0. The first-order valence-electron chi connectivity index (χ1n) is 8.06. The second-order valence-corrected chi connectivity index (χ2v) is 7.26. The number of hydrogen-bond acceptors (Lipinski definition) is 3. The van der Waals surface area contributed by atoms with Crippen LogP contribution < -0.4 is 0 Å². The van der Waals surface area contributed by atoms with Crippen molar-refractivity contribution in [1.82, 2.24) is 17.9 Å². The maximum absolute atomic E-state index is 4.72. The molecule has 2 aromatic heterocycles. The van der Waals surface area contributed by atoms with Crippen LogP contribution in [0.5, 0.6) is 0 Å². The number of aromatic amines is 1. The molecule has 0 radical (unpaired) electrons. The van der Waals surface area contributed by atoms with Gasteiger partial charge in [-0.25, -0.2) is 0 Å². The van der Waals surface area contributed by atoms with Crippen LogP contribution in [0.25, 0.3) is 44.6 Å². The molecule has 2 heterocycles. The molecule has 0 amide bonds. The van der Waals surface area contributed by atoms with Crippen LogP contribution in [0.15, 0.2) is 60.7 Å². The average molecular weight is 389 g/mol. The van der Waals surface area contributed by atoms with Gasteiger partial charge in [0.1, 0.15) is 0 Å². The molecule has 3 aromatic carbocycles. The van der Waals surface area contributed by atoms with Gasteiger partial charge >= 0.3 is 138 Å². The van der Waals surface area contributed by atoms with Gasteiger partial charge in [0.25, 0.3) is 0 Å². The van der Waals surface area contributed by atoms with Crippen LogP contribution in [-0.4, -0.2) is 32.9 Å².